The average Bonchev–Trinajstić information content (AvgIpc) is 2.80. The number of rotatable bonds is 4. The summed E-state index contributed by atoms with van der Waals surface area (Å²) in [6.45, 7) is 0. The fourth-order valence-corrected chi connectivity index (χ4v) is 1.69. The SMILES string of the molecule is COc1cccc(C(=O)Nc2c(C(=O)O)cnn2C)c1. The Balaban J connectivity index is 2.27. The number of ether oxygens (including phenoxy) is 1. The van der Waals surface area contributed by atoms with E-state index in [1.54, 1.807) is 31.3 Å². The molecule has 2 N–H and O–H groups in total. The molecule has 1 aromatic carbocycles. The Morgan fingerprint density at radius 3 is 2.80 bits per heavy atom. The lowest BCUT2D eigenvalue weighted by atomic mass is 10.2. The number of carbonyl (C=O) groups is 2. The van der Waals surface area contributed by atoms with Crippen LogP contribution in [0.1, 0.15) is 20.7 Å². The van der Waals surface area contributed by atoms with E-state index in [2.05, 4.69) is 10.4 Å². The lowest BCUT2D eigenvalue weighted by molar-refractivity contribution is 0.0698. The highest BCUT2D eigenvalue weighted by Crippen LogP contribution is 2.17. The summed E-state index contributed by atoms with van der Waals surface area (Å²) in [6, 6.07) is 6.55. The summed E-state index contributed by atoms with van der Waals surface area (Å²) in [7, 11) is 3.05. The second-order valence-electron chi connectivity index (χ2n) is 4.02. The van der Waals surface area contributed by atoms with Gasteiger partial charge >= 0.3 is 5.97 Å². The number of carboxylic acids is 1. The Bertz CT molecular complexity index is 663. The number of anilines is 1. The van der Waals surface area contributed by atoms with Gasteiger partial charge in [-0.05, 0) is 18.2 Å². The van der Waals surface area contributed by atoms with Crippen molar-refractivity contribution in [3.8, 4) is 5.75 Å². The van der Waals surface area contributed by atoms with Crippen LogP contribution >= 0.6 is 0 Å². The van der Waals surface area contributed by atoms with Crippen LogP contribution in [-0.2, 0) is 7.05 Å². The van der Waals surface area contributed by atoms with Gasteiger partial charge in [0.15, 0.2) is 0 Å². The predicted molar refractivity (Wildman–Crippen MR) is 71.1 cm³/mol. The largest absolute Gasteiger partial charge is 0.497 e. The number of carbonyl (C=O) groups excluding carboxylic acids is 1. The Labute approximate surface area is 114 Å². The monoisotopic (exact) mass is 275 g/mol. The highest BCUT2D eigenvalue weighted by Gasteiger charge is 2.18. The molecule has 2 aromatic rings. The summed E-state index contributed by atoms with van der Waals surface area (Å²) < 4.78 is 6.33. The molecular formula is C13H13N3O4. The molecule has 0 bridgehead atoms. The number of aromatic carboxylic acids is 1. The number of nitrogens with zero attached hydrogens (tertiary/aromatic N) is 2. The Hall–Kier alpha value is -2.83. The Morgan fingerprint density at radius 2 is 2.15 bits per heavy atom. The molecule has 0 fully saturated rings. The van der Waals surface area contributed by atoms with Gasteiger partial charge in [0.2, 0.25) is 0 Å². The molecule has 104 valence electrons. The molecule has 0 spiro atoms. The summed E-state index contributed by atoms with van der Waals surface area (Å²) in [5.74, 6) is -0.916. The smallest absolute Gasteiger partial charge is 0.341 e. The zero-order valence-electron chi connectivity index (χ0n) is 11.0. The Kier molecular flexibility index (Phi) is 3.69. The molecule has 1 aromatic heterocycles. The van der Waals surface area contributed by atoms with Crippen LogP contribution in [0.4, 0.5) is 5.82 Å². The van der Waals surface area contributed by atoms with E-state index in [9.17, 15) is 9.59 Å². The van der Waals surface area contributed by atoms with Crippen molar-refractivity contribution >= 4 is 17.7 Å². The molecule has 0 radical (unpaired) electrons. The van der Waals surface area contributed by atoms with Crippen LogP contribution in [0.25, 0.3) is 0 Å². The van der Waals surface area contributed by atoms with E-state index in [-0.39, 0.29) is 11.4 Å². The third-order valence-corrected chi connectivity index (χ3v) is 2.73. The van der Waals surface area contributed by atoms with Gasteiger partial charge in [-0.2, -0.15) is 5.10 Å². The molecule has 7 heteroatoms. The number of hydrogen-bond acceptors (Lipinski definition) is 4. The minimum absolute atomic E-state index is 0.0660. The van der Waals surface area contributed by atoms with E-state index in [4.69, 9.17) is 9.84 Å². The van der Waals surface area contributed by atoms with Crippen LogP contribution < -0.4 is 10.1 Å². The van der Waals surface area contributed by atoms with E-state index >= 15 is 0 Å². The Morgan fingerprint density at radius 1 is 1.40 bits per heavy atom. The minimum atomic E-state index is -1.15. The normalized spacial score (nSPS) is 10.1. The highest BCUT2D eigenvalue weighted by atomic mass is 16.5. The summed E-state index contributed by atoms with van der Waals surface area (Å²) in [4.78, 5) is 23.1. The van der Waals surface area contributed by atoms with Crippen molar-refractivity contribution < 1.29 is 19.4 Å². The topological polar surface area (TPSA) is 93.4 Å². The van der Waals surface area contributed by atoms with Gasteiger partial charge in [0.1, 0.15) is 17.1 Å². The molecular weight excluding hydrogens is 262 g/mol. The number of benzene rings is 1. The summed E-state index contributed by atoms with van der Waals surface area (Å²) >= 11 is 0. The maximum Gasteiger partial charge on any atom is 0.341 e. The summed E-state index contributed by atoms with van der Waals surface area (Å²) in [5.41, 5.74) is 0.297. The summed E-state index contributed by atoms with van der Waals surface area (Å²) in [5, 5.41) is 15.4. The number of aromatic nitrogens is 2. The van der Waals surface area contributed by atoms with Crippen LogP contribution in [0.15, 0.2) is 30.5 Å². The highest BCUT2D eigenvalue weighted by molar-refractivity contribution is 6.07. The van der Waals surface area contributed by atoms with Gasteiger partial charge in [-0.3, -0.25) is 9.48 Å². The minimum Gasteiger partial charge on any atom is -0.497 e. The van der Waals surface area contributed by atoms with Crippen LogP contribution in [0.3, 0.4) is 0 Å². The quantitative estimate of drug-likeness (QED) is 0.879. The van der Waals surface area contributed by atoms with Gasteiger partial charge in [0.05, 0.1) is 13.3 Å². The maximum atomic E-state index is 12.1. The zero-order valence-corrected chi connectivity index (χ0v) is 11.0. The molecule has 0 aliphatic carbocycles. The first-order valence-electron chi connectivity index (χ1n) is 5.73. The van der Waals surface area contributed by atoms with E-state index in [1.165, 1.54) is 18.0 Å². The first-order chi connectivity index (χ1) is 9.52. The molecule has 1 heterocycles. The van der Waals surface area contributed by atoms with Crippen molar-refractivity contribution in [3.63, 3.8) is 0 Å². The first-order valence-corrected chi connectivity index (χ1v) is 5.73. The molecule has 1 amide bonds. The molecule has 0 aliphatic heterocycles. The van der Waals surface area contributed by atoms with Crippen molar-refractivity contribution in [2.75, 3.05) is 12.4 Å². The van der Waals surface area contributed by atoms with Crippen LogP contribution in [0, 0.1) is 0 Å². The molecule has 2 rings (SSSR count). The van der Waals surface area contributed by atoms with E-state index in [0.29, 0.717) is 11.3 Å². The molecule has 7 nitrogen and oxygen atoms in total. The molecule has 20 heavy (non-hydrogen) atoms. The lowest BCUT2D eigenvalue weighted by Crippen LogP contribution is -2.16. The molecule has 0 saturated carbocycles. The van der Waals surface area contributed by atoms with Crippen molar-refractivity contribution in [1.82, 2.24) is 9.78 Å². The third-order valence-electron chi connectivity index (χ3n) is 2.73. The molecule has 0 aliphatic rings. The van der Waals surface area contributed by atoms with E-state index < -0.39 is 11.9 Å². The molecule has 0 unspecified atom stereocenters. The van der Waals surface area contributed by atoms with Gasteiger partial charge < -0.3 is 15.2 Å². The standard InChI is InChI=1S/C13H13N3O4/c1-16-11(10(7-14-16)13(18)19)15-12(17)8-4-3-5-9(6-8)20-2/h3-7H,1-2H3,(H,15,17)(H,18,19). The van der Waals surface area contributed by atoms with Gasteiger partial charge in [-0.15, -0.1) is 0 Å². The van der Waals surface area contributed by atoms with Gasteiger partial charge in [0.25, 0.3) is 5.91 Å². The second-order valence-corrected chi connectivity index (χ2v) is 4.02. The zero-order chi connectivity index (χ0) is 14.7. The number of amides is 1. The maximum absolute atomic E-state index is 12.1. The molecule has 0 atom stereocenters. The lowest BCUT2D eigenvalue weighted by Gasteiger charge is -2.08. The number of carboxylic acid groups (broad SMARTS) is 1. The number of aryl methyl sites for hydroxylation is 1. The van der Waals surface area contributed by atoms with E-state index in [0.717, 1.165) is 0 Å². The predicted octanol–water partition coefficient (Wildman–Crippen LogP) is 1.38. The summed E-state index contributed by atoms with van der Waals surface area (Å²) in [6.07, 6.45) is 1.18. The van der Waals surface area contributed by atoms with Crippen molar-refractivity contribution in [1.29, 1.82) is 0 Å². The average molecular weight is 275 g/mol. The number of methoxy groups -OCH3 is 1. The van der Waals surface area contributed by atoms with Crippen molar-refractivity contribution in [2.24, 2.45) is 7.05 Å². The van der Waals surface area contributed by atoms with Gasteiger partial charge in [-0.25, -0.2) is 4.79 Å². The third kappa shape index (κ3) is 2.61. The van der Waals surface area contributed by atoms with Crippen molar-refractivity contribution in [2.45, 2.75) is 0 Å². The van der Waals surface area contributed by atoms with Crippen LogP contribution in [0.2, 0.25) is 0 Å². The van der Waals surface area contributed by atoms with E-state index in [1.807, 2.05) is 0 Å². The van der Waals surface area contributed by atoms with Crippen LogP contribution in [-0.4, -0.2) is 33.9 Å². The fraction of sp³-hybridized carbons (Fsp3) is 0.154. The number of hydrogen-bond donors (Lipinski definition) is 2. The number of nitrogens with one attached hydrogen (secondary N) is 1. The van der Waals surface area contributed by atoms with Crippen LogP contribution in [0.5, 0.6) is 5.75 Å². The first kappa shape index (κ1) is 13.6. The molecule has 0 saturated heterocycles. The fourth-order valence-electron chi connectivity index (χ4n) is 1.69. The van der Waals surface area contributed by atoms with Gasteiger partial charge in [-0.1, -0.05) is 6.07 Å². The second kappa shape index (κ2) is 5.43. The van der Waals surface area contributed by atoms with Gasteiger partial charge in [0, 0.05) is 12.6 Å². The van der Waals surface area contributed by atoms with Crippen molar-refractivity contribution in [3.05, 3.63) is 41.6 Å².